The Hall–Kier alpha value is -13.3. The number of carbonyl (C=O) groups excluding carboxylic acids is 17. The predicted molar refractivity (Wildman–Crippen MR) is 467 cm³/mol. The summed E-state index contributed by atoms with van der Waals surface area (Å²) in [6, 6.07) is 16.4. The van der Waals surface area contributed by atoms with Gasteiger partial charge in [-0.15, -0.1) is 0 Å². The van der Waals surface area contributed by atoms with Crippen molar-refractivity contribution in [2.24, 2.45) is 23.1 Å². The molecule has 5 aromatic carbocycles. The lowest BCUT2D eigenvalue weighted by Gasteiger charge is -2.31. The van der Waals surface area contributed by atoms with Gasteiger partial charge in [-0.25, -0.2) is 0 Å². The summed E-state index contributed by atoms with van der Waals surface area (Å²) in [7, 11) is 0. The number of aliphatic hydroxyl groups excluding tert-OH is 1. The monoisotopic (exact) mass is 1760 g/mol. The van der Waals surface area contributed by atoms with Gasteiger partial charge in [-0.3, -0.25) is 86.5 Å². The molecule has 21 N–H and O–H groups in total. The van der Waals surface area contributed by atoms with Gasteiger partial charge in [0.2, 0.25) is 100 Å². The summed E-state index contributed by atoms with van der Waals surface area (Å²) in [5.74, 6) is -14.8. The van der Waals surface area contributed by atoms with E-state index in [4.69, 9.17) is 28.8 Å². The number of carbonyl (C=O) groups is 17. The highest BCUT2D eigenvalue weighted by molar-refractivity contribution is 6.30. The number of fused-ring (bicyclic) bond motifs is 1. The van der Waals surface area contributed by atoms with Gasteiger partial charge >= 0.3 is 0 Å². The highest BCUT2D eigenvalue weighted by Crippen LogP contribution is 2.24. The van der Waals surface area contributed by atoms with Crippen LogP contribution in [0, 0.1) is 5.92 Å². The summed E-state index contributed by atoms with van der Waals surface area (Å²) in [6.07, 6.45) is 1.79. The first-order valence-corrected chi connectivity index (χ1v) is 41.8. The van der Waals surface area contributed by atoms with Crippen LogP contribution in [0.2, 0.25) is 5.02 Å². The van der Waals surface area contributed by atoms with Crippen LogP contribution >= 0.6 is 11.6 Å². The number of aromatic nitrogens is 1. The third-order valence-corrected chi connectivity index (χ3v) is 20.6. The Bertz CT molecular complexity index is 4820. The molecule has 0 unspecified atom stereocenters. The zero-order valence-corrected chi connectivity index (χ0v) is 72.3. The second kappa shape index (κ2) is 49.3. The summed E-state index contributed by atoms with van der Waals surface area (Å²) >= 11 is 6.28. The number of halogens is 1. The van der Waals surface area contributed by atoms with Crippen molar-refractivity contribution in [2.75, 3.05) is 30.3 Å². The molecule has 7 rings (SSSR count). The highest BCUT2D eigenvalue weighted by Gasteiger charge is 2.41. The number of benzene rings is 5. The molecular weight excluding hydrogens is 1650 g/mol. The molecule has 676 valence electrons. The number of rotatable bonds is 48. The van der Waals surface area contributed by atoms with Gasteiger partial charge in [-0.1, -0.05) is 124 Å². The Morgan fingerprint density at radius 2 is 0.857 bits per heavy atom. The van der Waals surface area contributed by atoms with E-state index in [1.54, 1.807) is 56.3 Å². The Morgan fingerprint density at radius 3 is 1.30 bits per heavy atom. The van der Waals surface area contributed by atoms with Crippen molar-refractivity contribution in [2.45, 2.75) is 217 Å². The molecule has 12 atom stereocenters. The number of anilines is 2. The Kier molecular flexibility index (Phi) is 39.0. The number of nitrogens with one attached hydrogen (secondary N) is 14. The molecule has 17 amide bonds. The van der Waals surface area contributed by atoms with E-state index >= 15 is 28.8 Å². The maximum absolute atomic E-state index is 15.6. The molecule has 6 aromatic rings. The van der Waals surface area contributed by atoms with Crippen LogP contribution in [0.4, 0.5) is 11.4 Å². The molecule has 1 aliphatic heterocycles. The Labute approximate surface area is 734 Å². The number of hydrogen-bond donors (Lipinski definition) is 18. The molecule has 38 heteroatoms. The fourth-order valence-corrected chi connectivity index (χ4v) is 14.1. The van der Waals surface area contributed by atoms with E-state index in [1.165, 1.54) is 79.7 Å². The topological polar surface area (TPSA) is 573 Å². The molecule has 1 saturated heterocycles. The van der Waals surface area contributed by atoms with Crippen LogP contribution in [-0.2, 0) is 114 Å². The lowest BCUT2D eigenvalue weighted by Crippen LogP contribution is -2.62. The quantitative estimate of drug-likeness (QED) is 0.0226. The number of pyridine rings is 1. The lowest BCUT2D eigenvalue weighted by molar-refractivity contribution is -0.142. The smallest absolute Gasteiger partial charge is 0.247 e. The minimum atomic E-state index is -1.97. The average molecular weight is 1760 g/mol. The summed E-state index contributed by atoms with van der Waals surface area (Å²) in [4.78, 5) is 240. The summed E-state index contributed by atoms with van der Waals surface area (Å²) < 4.78 is 0. The van der Waals surface area contributed by atoms with E-state index < -0.39 is 205 Å². The minimum absolute atomic E-state index is 0.0146. The van der Waals surface area contributed by atoms with Gasteiger partial charge in [-0.05, 0) is 139 Å². The fourth-order valence-electron chi connectivity index (χ4n) is 14.0. The molecule has 37 nitrogen and oxygen atoms in total. The molecule has 0 aliphatic carbocycles. The van der Waals surface area contributed by atoms with Crippen LogP contribution in [0.5, 0.6) is 0 Å². The third kappa shape index (κ3) is 33.1. The first-order chi connectivity index (χ1) is 59.8. The summed E-state index contributed by atoms with van der Waals surface area (Å²) in [5.41, 5.74) is 18.5. The fraction of sp³-hybridized carbons (Fsp3) is 0.432. The van der Waals surface area contributed by atoms with Crippen LogP contribution in [0.3, 0.4) is 0 Å². The van der Waals surface area contributed by atoms with E-state index in [0.717, 1.165) is 24.6 Å². The lowest BCUT2D eigenvalue weighted by atomic mass is 9.99. The molecular formula is C88H114ClN19O18. The van der Waals surface area contributed by atoms with Crippen LogP contribution in [0.25, 0.3) is 10.8 Å². The standard InChI is InChI=1S/C88H114ClN19O18/c1-48(2)37-65(80(118)101-64(18-11-12-35-94-49(3)4)88(126)108-36-14-19-74(108)87(125)95-50(5)77(92)115)102-82(120)68(40-55-23-30-62(31-24-55)99-78(116)71(44-75(90)113)97-52(7)111)104-84(122)69(41-56-25-32-63(33-26-56)100-79(117)72(45-76(91)114)98-53(8)112)106-86(124)73(47-109)107-85(123)70(43-58-15-13-34-93-46-58)105-83(121)67(39-54-21-28-61(89)29-22-54)103-81(119)66(96-51(6)110)42-57-20-27-59-16-9-10-17-60(59)38-57/h9-10,13,15-17,20-34,38,46,48-50,64-74,94,109H,11-12,14,18-19,35-37,39-45,47H2,1-8H3,(H2,90,113)(H2,91,114)(H2,92,115)(H,95,125)(H,96,110)(H,97,111)(H,98,112)(H,99,116)(H,100,117)(H,101,118)(H,102,120)(H,103,119)(H,104,122)(H,105,121)(H,106,124)(H,107,123)/t50-,64+,65+,66-,67-,68-,69+,70-,71-,72-,73+,74+/m1/s1. The van der Waals surface area contributed by atoms with Crippen molar-refractivity contribution in [1.82, 2.24) is 73.7 Å². The second-order valence-corrected chi connectivity index (χ2v) is 32.3. The van der Waals surface area contributed by atoms with Crippen LogP contribution in [0.15, 0.2) is 140 Å². The molecule has 2 heterocycles. The number of likely N-dealkylation sites (tertiary alicyclic amines) is 1. The first kappa shape index (κ1) is 99.8. The molecule has 0 saturated carbocycles. The number of unbranched alkanes of at least 4 members (excludes halogenated alkanes) is 1. The van der Waals surface area contributed by atoms with Crippen molar-refractivity contribution >= 4 is 134 Å². The van der Waals surface area contributed by atoms with E-state index in [9.17, 15) is 57.8 Å². The van der Waals surface area contributed by atoms with Crippen molar-refractivity contribution in [3.8, 4) is 0 Å². The SMILES string of the molecule is CC(=O)N[C@H](CC(N)=O)C(=O)Nc1ccc(C[C@H](NC(=O)[C@H](CO)NC(=O)[C@@H](Cc2cccnc2)NC(=O)[C@@H](Cc2ccc(Cl)cc2)NC(=O)[C@@H](Cc2ccc3ccccc3c2)NC(C)=O)C(=O)N[C@H](Cc2ccc(NC(=O)[C@@H](CC(N)=O)NC(C)=O)cc2)C(=O)N[C@@H](CC(C)C)C(=O)N[C@@H](CCCCNC(C)C)C(=O)N2CCC[C@H]2C(=O)N[C@H](C)C(N)=O)cc1. The normalized spacial score (nSPS) is 15.0. The van der Waals surface area contributed by atoms with Crippen molar-refractivity contribution in [3.05, 3.63) is 173 Å². The first-order valence-electron chi connectivity index (χ1n) is 41.5. The van der Waals surface area contributed by atoms with Gasteiger partial charge in [0, 0.05) is 94.3 Å². The number of nitrogens with zero attached hydrogens (tertiary/aromatic N) is 2. The maximum atomic E-state index is 15.6. The molecule has 1 fully saturated rings. The number of aliphatic hydroxyl groups is 1. The van der Waals surface area contributed by atoms with Crippen molar-refractivity contribution in [3.63, 3.8) is 0 Å². The summed E-state index contributed by atoms with van der Waals surface area (Å²) in [5, 5.41) is 50.7. The zero-order valence-electron chi connectivity index (χ0n) is 71.6. The summed E-state index contributed by atoms with van der Waals surface area (Å²) in [6.45, 7) is 11.8. The molecule has 0 bridgehead atoms. The zero-order chi connectivity index (χ0) is 92.4. The van der Waals surface area contributed by atoms with Gasteiger partial charge in [0.25, 0.3) is 0 Å². The molecule has 1 aliphatic rings. The Morgan fingerprint density at radius 1 is 0.444 bits per heavy atom. The van der Waals surface area contributed by atoms with Gasteiger partial charge in [-0.2, -0.15) is 0 Å². The number of nitrogens with two attached hydrogens (primary N) is 3. The largest absolute Gasteiger partial charge is 0.394 e. The predicted octanol–water partition coefficient (Wildman–Crippen LogP) is 0.125. The average Bonchev–Trinajstić information content (AvgIpc) is 1.59. The second-order valence-electron chi connectivity index (χ2n) is 31.8. The van der Waals surface area contributed by atoms with Crippen molar-refractivity contribution in [1.29, 1.82) is 0 Å². The van der Waals surface area contributed by atoms with Gasteiger partial charge in [0.15, 0.2) is 0 Å². The number of primary amides is 3. The highest BCUT2D eigenvalue weighted by atomic mass is 35.5. The number of amides is 17. The van der Waals surface area contributed by atoms with E-state index in [0.29, 0.717) is 47.5 Å². The van der Waals surface area contributed by atoms with E-state index in [2.05, 4.69) is 79.4 Å². The maximum Gasteiger partial charge on any atom is 0.247 e. The van der Waals surface area contributed by atoms with Gasteiger partial charge < -0.3 is 102 Å². The number of hydrogen-bond acceptors (Lipinski definition) is 20. The third-order valence-electron chi connectivity index (χ3n) is 20.4. The molecule has 1 aromatic heterocycles. The van der Waals surface area contributed by atoms with E-state index in [-0.39, 0.29) is 79.5 Å². The molecule has 126 heavy (non-hydrogen) atoms. The molecule has 0 spiro atoms. The van der Waals surface area contributed by atoms with Crippen LogP contribution in [-0.4, -0.2) is 214 Å². The van der Waals surface area contributed by atoms with Gasteiger partial charge in [0.1, 0.15) is 72.5 Å². The van der Waals surface area contributed by atoms with Crippen LogP contribution in [0.1, 0.15) is 135 Å². The minimum Gasteiger partial charge on any atom is -0.394 e. The van der Waals surface area contributed by atoms with E-state index in [1.807, 2.05) is 50.2 Å². The van der Waals surface area contributed by atoms with Crippen molar-refractivity contribution < 1.29 is 86.6 Å². The molecule has 0 radical (unpaired) electrons. The van der Waals surface area contributed by atoms with Crippen LogP contribution < -0.4 is 91.6 Å². The van der Waals surface area contributed by atoms with Gasteiger partial charge in [0.05, 0.1) is 19.4 Å². The Balaban J connectivity index is 1.26.